The van der Waals surface area contributed by atoms with Gasteiger partial charge in [-0.1, -0.05) is 37.6 Å². The minimum absolute atomic E-state index is 0.129. The SMILES string of the molecule is CC(C)C(C)(Cc1ccc(Cl)cc1)NC(=O)c1ccnc(-c2ncc[nH]2)c1. The average molecular weight is 383 g/mol. The molecule has 6 heteroatoms. The van der Waals surface area contributed by atoms with Crippen molar-refractivity contribution in [3.05, 3.63) is 71.1 Å². The monoisotopic (exact) mass is 382 g/mol. The molecular formula is C21H23ClN4O. The molecule has 2 aromatic heterocycles. The zero-order valence-corrected chi connectivity index (χ0v) is 16.4. The van der Waals surface area contributed by atoms with Crippen molar-refractivity contribution >= 4 is 17.5 Å². The molecule has 3 aromatic rings. The molecule has 3 rings (SSSR count). The van der Waals surface area contributed by atoms with Crippen LogP contribution in [0.4, 0.5) is 0 Å². The predicted octanol–water partition coefficient (Wildman–Crippen LogP) is 4.51. The van der Waals surface area contributed by atoms with Crippen LogP contribution in [0.5, 0.6) is 0 Å². The van der Waals surface area contributed by atoms with Crippen LogP contribution in [0.1, 0.15) is 36.7 Å². The standard InChI is InChI=1S/C21H23ClN4O/c1-14(2)21(3,13-15-4-6-17(22)7-5-15)26-20(27)16-8-9-23-18(12-16)19-24-10-11-25-19/h4-12,14H,13H2,1-3H3,(H,24,25)(H,26,27). The van der Waals surface area contributed by atoms with Crippen molar-refractivity contribution in [2.45, 2.75) is 32.7 Å². The van der Waals surface area contributed by atoms with Crippen LogP contribution in [0.2, 0.25) is 5.02 Å². The molecule has 0 aliphatic heterocycles. The number of benzene rings is 1. The summed E-state index contributed by atoms with van der Waals surface area (Å²) < 4.78 is 0. The van der Waals surface area contributed by atoms with E-state index >= 15 is 0 Å². The Morgan fingerprint density at radius 1 is 1.19 bits per heavy atom. The number of nitrogens with one attached hydrogen (secondary N) is 2. The molecule has 1 aromatic carbocycles. The number of carbonyl (C=O) groups is 1. The molecule has 2 heterocycles. The Bertz CT molecular complexity index is 906. The van der Waals surface area contributed by atoms with E-state index in [1.807, 2.05) is 24.3 Å². The Morgan fingerprint density at radius 3 is 2.56 bits per heavy atom. The summed E-state index contributed by atoms with van der Waals surface area (Å²) in [6.07, 6.45) is 5.72. The van der Waals surface area contributed by atoms with Gasteiger partial charge in [0.15, 0.2) is 5.82 Å². The van der Waals surface area contributed by atoms with Crippen molar-refractivity contribution in [3.63, 3.8) is 0 Å². The van der Waals surface area contributed by atoms with Crippen LogP contribution in [-0.4, -0.2) is 26.4 Å². The lowest BCUT2D eigenvalue weighted by molar-refractivity contribution is 0.0877. The largest absolute Gasteiger partial charge is 0.346 e. The number of amides is 1. The molecule has 0 bridgehead atoms. The van der Waals surface area contributed by atoms with E-state index in [0.29, 0.717) is 28.5 Å². The van der Waals surface area contributed by atoms with Crippen LogP contribution in [0.15, 0.2) is 55.0 Å². The summed E-state index contributed by atoms with van der Waals surface area (Å²) >= 11 is 5.98. The molecular weight excluding hydrogens is 360 g/mol. The minimum atomic E-state index is -0.404. The van der Waals surface area contributed by atoms with E-state index in [2.05, 4.69) is 41.0 Å². The maximum absolute atomic E-state index is 12.9. The van der Waals surface area contributed by atoms with E-state index in [4.69, 9.17) is 11.6 Å². The second kappa shape index (κ2) is 7.92. The van der Waals surface area contributed by atoms with Crippen LogP contribution in [0.3, 0.4) is 0 Å². The lowest BCUT2D eigenvalue weighted by Crippen LogP contribution is -2.51. The molecule has 27 heavy (non-hydrogen) atoms. The summed E-state index contributed by atoms with van der Waals surface area (Å²) in [6.45, 7) is 6.28. The number of nitrogens with zero attached hydrogens (tertiary/aromatic N) is 2. The third-order valence-electron chi connectivity index (χ3n) is 4.92. The Balaban J connectivity index is 1.81. The summed E-state index contributed by atoms with van der Waals surface area (Å²) in [5.74, 6) is 0.747. The lowest BCUT2D eigenvalue weighted by Gasteiger charge is -2.35. The molecule has 1 unspecified atom stereocenters. The summed E-state index contributed by atoms with van der Waals surface area (Å²) in [4.78, 5) is 24.4. The lowest BCUT2D eigenvalue weighted by atomic mass is 9.82. The predicted molar refractivity (Wildman–Crippen MR) is 108 cm³/mol. The van der Waals surface area contributed by atoms with E-state index in [1.54, 1.807) is 30.7 Å². The molecule has 5 nitrogen and oxygen atoms in total. The molecule has 1 amide bonds. The van der Waals surface area contributed by atoms with Crippen molar-refractivity contribution < 1.29 is 4.79 Å². The number of halogens is 1. The van der Waals surface area contributed by atoms with E-state index < -0.39 is 5.54 Å². The maximum atomic E-state index is 12.9. The first-order valence-corrected chi connectivity index (χ1v) is 9.28. The van der Waals surface area contributed by atoms with Crippen LogP contribution >= 0.6 is 11.6 Å². The molecule has 0 saturated carbocycles. The number of H-pyrrole nitrogens is 1. The van der Waals surface area contributed by atoms with Crippen LogP contribution in [-0.2, 0) is 6.42 Å². The number of carbonyl (C=O) groups excluding carboxylic acids is 1. The quantitative estimate of drug-likeness (QED) is 0.658. The van der Waals surface area contributed by atoms with Gasteiger partial charge < -0.3 is 10.3 Å². The van der Waals surface area contributed by atoms with Gasteiger partial charge in [0.25, 0.3) is 5.91 Å². The number of pyridine rings is 1. The number of rotatable bonds is 6. The Labute approximate surface area is 164 Å². The summed E-state index contributed by atoms with van der Waals surface area (Å²) in [6, 6.07) is 11.2. The Hall–Kier alpha value is -2.66. The van der Waals surface area contributed by atoms with Gasteiger partial charge in [0.05, 0.1) is 0 Å². The number of imidazole rings is 1. The fourth-order valence-electron chi connectivity index (χ4n) is 2.86. The van der Waals surface area contributed by atoms with E-state index in [0.717, 1.165) is 5.56 Å². The first kappa shape index (κ1) is 19.1. The van der Waals surface area contributed by atoms with Crippen molar-refractivity contribution in [2.24, 2.45) is 5.92 Å². The molecule has 0 spiro atoms. The molecule has 0 radical (unpaired) electrons. The second-order valence-corrected chi connectivity index (χ2v) is 7.63. The molecule has 0 aliphatic carbocycles. The molecule has 0 fully saturated rings. The highest BCUT2D eigenvalue weighted by Crippen LogP contribution is 2.24. The highest BCUT2D eigenvalue weighted by atomic mass is 35.5. The number of hydrogen-bond donors (Lipinski definition) is 2. The average Bonchev–Trinajstić information content (AvgIpc) is 3.18. The number of aromatic amines is 1. The minimum Gasteiger partial charge on any atom is -0.346 e. The first-order chi connectivity index (χ1) is 12.9. The third kappa shape index (κ3) is 4.55. The fourth-order valence-corrected chi connectivity index (χ4v) is 2.98. The van der Waals surface area contributed by atoms with Gasteiger partial charge in [-0.3, -0.25) is 9.78 Å². The van der Waals surface area contributed by atoms with Crippen molar-refractivity contribution in [1.82, 2.24) is 20.3 Å². The summed E-state index contributed by atoms with van der Waals surface area (Å²) in [5, 5.41) is 3.92. The summed E-state index contributed by atoms with van der Waals surface area (Å²) in [7, 11) is 0. The van der Waals surface area contributed by atoms with Crippen molar-refractivity contribution in [3.8, 4) is 11.5 Å². The number of hydrogen-bond acceptors (Lipinski definition) is 3. The maximum Gasteiger partial charge on any atom is 0.251 e. The van der Waals surface area contributed by atoms with Crippen LogP contribution in [0, 0.1) is 5.92 Å². The molecule has 0 aliphatic rings. The zero-order chi connectivity index (χ0) is 19.4. The summed E-state index contributed by atoms with van der Waals surface area (Å²) in [5.41, 5.74) is 1.91. The molecule has 0 saturated heterocycles. The molecule has 2 N–H and O–H groups in total. The van der Waals surface area contributed by atoms with Crippen LogP contribution in [0.25, 0.3) is 11.5 Å². The van der Waals surface area contributed by atoms with Gasteiger partial charge in [-0.2, -0.15) is 0 Å². The third-order valence-corrected chi connectivity index (χ3v) is 5.17. The van der Waals surface area contributed by atoms with E-state index in [1.165, 1.54) is 0 Å². The fraction of sp³-hybridized carbons (Fsp3) is 0.286. The van der Waals surface area contributed by atoms with Gasteiger partial charge in [0, 0.05) is 34.7 Å². The first-order valence-electron chi connectivity index (χ1n) is 8.90. The number of aromatic nitrogens is 3. The van der Waals surface area contributed by atoms with Gasteiger partial charge in [-0.15, -0.1) is 0 Å². The highest BCUT2D eigenvalue weighted by molar-refractivity contribution is 6.30. The second-order valence-electron chi connectivity index (χ2n) is 7.20. The van der Waals surface area contributed by atoms with Gasteiger partial charge in [0.1, 0.15) is 5.69 Å². The molecule has 1 atom stereocenters. The Morgan fingerprint density at radius 2 is 1.93 bits per heavy atom. The van der Waals surface area contributed by atoms with Gasteiger partial charge in [0.2, 0.25) is 0 Å². The van der Waals surface area contributed by atoms with E-state index in [-0.39, 0.29) is 11.8 Å². The van der Waals surface area contributed by atoms with E-state index in [9.17, 15) is 4.79 Å². The zero-order valence-electron chi connectivity index (χ0n) is 15.7. The van der Waals surface area contributed by atoms with Crippen molar-refractivity contribution in [1.29, 1.82) is 0 Å². The van der Waals surface area contributed by atoms with Gasteiger partial charge in [-0.05, 0) is 49.1 Å². The van der Waals surface area contributed by atoms with Crippen LogP contribution < -0.4 is 5.32 Å². The topological polar surface area (TPSA) is 70.7 Å². The van der Waals surface area contributed by atoms with Gasteiger partial charge >= 0.3 is 0 Å². The normalized spacial score (nSPS) is 13.4. The highest BCUT2D eigenvalue weighted by Gasteiger charge is 2.31. The molecule has 140 valence electrons. The van der Waals surface area contributed by atoms with Gasteiger partial charge in [-0.25, -0.2) is 4.98 Å². The smallest absolute Gasteiger partial charge is 0.251 e. The Kier molecular flexibility index (Phi) is 5.61. The van der Waals surface area contributed by atoms with Crippen molar-refractivity contribution in [2.75, 3.05) is 0 Å².